The van der Waals surface area contributed by atoms with Gasteiger partial charge in [0.05, 0.1) is 11.7 Å². The third kappa shape index (κ3) is 5.18. The largest absolute Gasteiger partial charge is 0.491 e. The predicted octanol–water partition coefficient (Wildman–Crippen LogP) is 4.81. The maximum Gasteiger partial charge on any atom is 0.338 e. The minimum absolute atomic E-state index is 0.0161. The highest BCUT2D eigenvalue weighted by molar-refractivity contribution is 5.91. The fraction of sp³-hybridized carbons (Fsp3) is 0.435. The Bertz CT molecular complexity index is 821. The molecule has 2 aromatic carbocycles. The van der Waals surface area contributed by atoms with Gasteiger partial charge in [0.1, 0.15) is 35.6 Å². The molecule has 0 saturated carbocycles. The van der Waals surface area contributed by atoms with Crippen LogP contribution in [-0.4, -0.2) is 30.4 Å². The molecule has 0 bridgehead atoms. The second-order valence-electron chi connectivity index (χ2n) is 8.19. The van der Waals surface area contributed by atoms with E-state index in [-0.39, 0.29) is 12.2 Å². The first kappa shape index (κ1) is 20.1. The number of esters is 1. The zero-order valence-electron chi connectivity index (χ0n) is 17.2. The van der Waals surface area contributed by atoms with Crippen LogP contribution in [0.4, 0.5) is 0 Å². The minimum Gasteiger partial charge on any atom is -0.491 e. The Morgan fingerprint density at radius 1 is 1.18 bits per heavy atom. The Kier molecular flexibility index (Phi) is 5.82. The van der Waals surface area contributed by atoms with Crippen molar-refractivity contribution in [2.75, 3.05) is 6.61 Å². The van der Waals surface area contributed by atoms with Crippen molar-refractivity contribution in [2.24, 2.45) is 0 Å². The summed E-state index contributed by atoms with van der Waals surface area (Å²) in [5, 5.41) is 0. The van der Waals surface area contributed by atoms with Gasteiger partial charge in [-0.1, -0.05) is 18.2 Å². The van der Waals surface area contributed by atoms with Gasteiger partial charge in [0.25, 0.3) is 0 Å². The van der Waals surface area contributed by atoms with Gasteiger partial charge in [0, 0.05) is 12.0 Å². The van der Waals surface area contributed by atoms with Crippen LogP contribution in [0.2, 0.25) is 0 Å². The second-order valence-corrected chi connectivity index (χ2v) is 8.19. The first-order chi connectivity index (χ1) is 13.2. The molecule has 1 aliphatic rings. The second kappa shape index (κ2) is 8.13. The zero-order chi connectivity index (χ0) is 20.3. The molecule has 0 N–H and O–H groups in total. The molecule has 5 nitrogen and oxygen atoms in total. The normalized spacial score (nSPS) is 15.7. The average Bonchev–Trinajstić information content (AvgIpc) is 3.02. The molecule has 3 rings (SSSR count). The van der Waals surface area contributed by atoms with E-state index in [2.05, 4.69) is 0 Å². The van der Waals surface area contributed by atoms with Crippen molar-refractivity contribution in [3.8, 4) is 17.2 Å². The number of hydrogen-bond acceptors (Lipinski definition) is 5. The number of rotatable bonds is 6. The van der Waals surface area contributed by atoms with Gasteiger partial charge in [-0.15, -0.1) is 0 Å². The summed E-state index contributed by atoms with van der Waals surface area (Å²) in [6.07, 6.45) is 0.509. The van der Waals surface area contributed by atoms with E-state index in [1.807, 2.05) is 65.0 Å². The Morgan fingerprint density at radius 2 is 1.89 bits per heavy atom. The van der Waals surface area contributed by atoms with Gasteiger partial charge in [0.15, 0.2) is 0 Å². The van der Waals surface area contributed by atoms with Gasteiger partial charge in [-0.25, -0.2) is 4.79 Å². The fourth-order valence-electron chi connectivity index (χ4n) is 2.99. The predicted molar refractivity (Wildman–Crippen MR) is 107 cm³/mol. The molecule has 1 aliphatic heterocycles. The Balaban J connectivity index is 1.78. The maximum absolute atomic E-state index is 12.5. The third-order valence-corrected chi connectivity index (χ3v) is 4.07. The van der Waals surface area contributed by atoms with Crippen molar-refractivity contribution in [3.05, 3.63) is 53.6 Å². The van der Waals surface area contributed by atoms with Crippen LogP contribution in [0, 0.1) is 0 Å². The van der Waals surface area contributed by atoms with Gasteiger partial charge in [0.2, 0.25) is 0 Å². The van der Waals surface area contributed by atoms with Crippen LogP contribution in [0.15, 0.2) is 42.5 Å². The van der Waals surface area contributed by atoms with E-state index in [1.54, 1.807) is 12.1 Å². The standard InChI is InChI=1S/C23H28O5/c1-15(2)26-20-11-16(22(24)28-23(3,4)5)12-21-19(20)13-18(27-21)14-25-17-9-7-6-8-10-17/h6-12,15,18H,13-14H2,1-5H3. The minimum atomic E-state index is -0.567. The van der Waals surface area contributed by atoms with E-state index in [0.29, 0.717) is 30.1 Å². The third-order valence-electron chi connectivity index (χ3n) is 4.07. The zero-order valence-corrected chi connectivity index (χ0v) is 17.2. The summed E-state index contributed by atoms with van der Waals surface area (Å²) in [6, 6.07) is 13.1. The SMILES string of the molecule is CC(C)Oc1cc(C(=O)OC(C)(C)C)cc2c1CC(COc1ccccc1)O2. The van der Waals surface area contributed by atoms with Crippen LogP contribution in [0.1, 0.15) is 50.5 Å². The average molecular weight is 384 g/mol. The first-order valence-electron chi connectivity index (χ1n) is 9.62. The molecule has 0 fully saturated rings. The molecule has 1 heterocycles. The van der Waals surface area contributed by atoms with Crippen molar-refractivity contribution < 1.29 is 23.7 Å². The Morgan fingerprint density at radius 3 is 2.54 bits per heavy atom. The van der Waals surface area contributed by atoms with Gasteiger partial charge >= 0.3 is 5.97 Å². The summed E-state index contributed by atoms with van der Waals surface area (Å²) in [4.78, 5) is 12.5. The Hall–Kier alpha value is -2.69. The van der Waals surface area contributed by atoms with Gasteiger partial charge < -0.3 is 18.9 Å². The molecule has 0 spiro atoms. The van der Waals surface area contributed by atoms with Crippen molar-refractivity contribution in [2.45, 2.75) is 58.8 Å². The molecule has 0 radical (unpaired) electrons. The summed E-state index contributed by atoms with van der Waals surface area (Å²) in [5.41, 5.74) is 0.818. The highest BCUT2D eigenvalue weighted by Crippen LogP contribution is 2.38. The lowest BCUT2D eigenvalue weighted by Crippen LogP contribution is -2.24. The Labute approximate surface area is 166 Å². The molecule has 0 aromatic heterocycles. The number of ether oxygens (including phenoxy) is 4. The molecule has 0 saturated heterocycles. The number of fused-ring (bicyclic) bond motifs is 1. The van der Waals surface area contributed by atoms with E-state index in [4.69, 9.17) is 18.9 Å². The number of hydrogen-bond donors (Lipinski definition) is 0. The molecule has 150 valence electrons. The molecule has 0 aliphatic carbocycles. The molecule has 2 aromatic rings. The summed E-state index contributed by atoms with van der Waals surface area (Å²) in [7, 11) is 0. The molecule has 28 heavy (non-hydrogen) atoms. The maximum atomic E-state index is 12.5. The molecular weight excluding hydrogens is 356 g/mol. The quantitative estimate of drug-likeness (QED) is 0.669. The summed E-state index contributed by atoms with van der Waals surface area (Å²) < 4.78 is 23.3. The topological polar surface area (TPSA) is 54.0 Å². The number of carbonyl (C=O) groups is 1. The highest BCUT2D eigenvalue weighted by atomic mass is 16.6. The van der Waals surface area contributed by atoms with Crippen molar-refractivity contribution in [1.29, 1.82) is 0 Å². The van der Waals surface area contributed by atoms with Crippen LogP contribution >= 0.6 is 0 Å². The smallest absolute Gasteiger partial charge is 0.338 e. The van der Waals surface area contributed by atoms with E-state index in [0.717, 1.165) is 11.3 Å². The van der Waals surface area contributed by atoms with E-state index >= 15 is 0 Å². The highest BCUT2D eigenvalue weighted by Gasteiger charge is 2.30. The van der Waals surface area contributed by atoms with Crippen molar-refractivity contribution in [3.63, 3.8) is 0 Å². The lowest BCUT2D eigenvalue weighted by Gasteiger charge is -2.20. The van der Waals surface area contributed by atoms with Crippen molar-refractivity contribution in [1.82, 2.24) is 0 Å². The van der Waals surface area contributed by atoms with Gasteiger partial charge in [-0.3, -0.25) is 0 Å². The summed E-state index contributed by atoms with van der Waals surface area (Å²) in [5.74, 6) is 1.72. The van der Waals surface area contributed by atoms with Gasteiger partial charge in [-0.2, -0.15) is 0 Å². The van der Waals surface area contributed by atoms with Crippen LogP contribution in [0.25, 0.3) is 0 Å². The fourth-order valence-corrected chi connectivity index (χ4v) is 2.99. The van der Waals surface area contributed by atoms with Crippen molar-refractivity contribution >= 4 is 5.97 Å². The van der Waals surface area contributed by atoms with Crippen LogP contribution in [0.5, 0.6) is 17.2 Å². The molecule has 0 amide bonds. The van der Waals surface area contributed by atoms with Crippen LogP contribution < -0.4 is 14.2 Å². The number of benzene rings is 2. The van der Waals surface area contributed by atoms with E-state index < -0.39 is 11.6 Å². The number of carbonyl (C=O) groups excluding carboxylic acids is 1. The molecule has 1 unspecified atom stereocenters. The lowest BCUT2D eigenvalue weighted by atomic mass is 10.1. The summed E-state index contributed by atoms with van der Waals surface area (Å²) >= 11 is 0. The van der Waals surface area contributed by atoms with Crippen LogP contribution in [0.3, 0.4) is 0 Å². The first-order valence-corrected chi connectivity index (χ1v) is 9.62. The number of para-hydroxylation sites is 1. The molecular formula is C23H28O5. The lowest BCUT2D eigenvalue weighted by molar-refractivity contribution is 0.00684. The summed E-state index contributed by atoms with van der Waals surface area (Å²) in [6.45, 7) is 9.87. The van der Waals surface area contributed by atoms with Gasteiger partial charge in [-0.05, 0) is 58.9 Å². The molecule has 5 heteroatoms. The monoisotopic (exact) mass is 384 g/mol. The van der Waals surface area contributed by atoms with Crippen LogP contribution in [-0.2, 0) is 11.2 Å². The van der Waals surface area contributed by atoms with E-state index in [9.17, 15) is 4.79 Å². The molecule has 1 atom stereocenters. The van der Waals surface area contributed by atoms with E-state index in [1.165, 1.54) is 0 Å².